The first-order valence-corrected chi connectivity index (χ1v) is 10.5. The molecule has 3 aromatic rings. The van der Waals surface area contributed by atoms with E-state index in [2.05, 4.69) is 15.1 Å². The largest absolute Gasteiger partial charge is 0.493 e. The highest BCUT2D eigenvalue weighted by atomic mass is 16.5. The van der Waals surface area contributed by atoms with E-state index in [1.165, 1.54) is 0 Å². The molecule has 1 aliphatic heterocycles. The second kappa shape index (κ2) is 9.52. The summed E-state index contributed by atoms with van der Waals surface area (Å²) < 4.78 is 11.0. The van der Waals surface area contributed by atoms with Crippen molar-refractivity contribution in [3.8, 4) is 17.3 Å². The van der Waals surface area contributed by atoms with Crippen molar-refractivity contribution in [2.45, 2.75) is 32.6 Å². The summed E-state index contributed by atoms with van der Waals surface area (Å²) in [4.78, 5) is 23.7. The second-order valence-corrected chi connectivity index (χ2v) is 7.46. The Morgan fingerprint density at radius 3 is 2.93 bits per heavy atom. The quantitative estimate of drug-likeness (QED) is 0.590. The van der Waals surface area contributed by atoms with Crippen molar-refractivity contribution in [1.82, 2.24) is 20.0 Å². The van der Waals surface area contributed by atoms with Gasteiger partial charge in [-0.2, -0.15) is 4.98 Å². The number of pyridine rings is 1. The molecular weight excluding hydrogens is 380 g/mol. The van der Waals surface area contributed by atoms with E-state index in [4.69, 9.17) is 9.26 Å². The monoisotopic (exact) mass is 406 g/mol. The predicted molar refractivity (Wildman–Crippen MR) is 112 cm³/mol. The van der Waals surface area contributed by atoms with E-state index in [0.29, 0.717) is 41.2 Å². The zero-order valence-corrected chi connectivity index (χ0v) is 17.2. The zero-order chi connectivity index (χ0) is 20.8. The third-order valence-electron chi connectivity index (χ3n) is 5.35. The van der Waals surface area contributed by atoms with Crippen molar-refractivity contribution in [2.75, 3.05) is 19.7 Å². The minimum absolute atomic E-state index is 0.0424. The van der Waals surface area contributed by atoms with Gasteiger partial charge in [-0.25, -0.2) is 0 Å². The average Bonchev–Trinajstić information content (AvgIpc) is 3.28. The summed E-state index contributed by atoms with van der Waals surface area (Å²) in [7, 11) is 0. The summed E-state index contributed by atoms with van der Waals surface area (Å²) in [5.74, 6) is 2.24. The van der Waals surface area contributed by atoms with Gasteiger partial charge in [0, 0.05) is 25.7 Å². The normalized spacial score (nSPS) is 16.4. The molecule has 0 saturated carbocycles. The SMILES string of the molecule is CCOc1ccccc1C(=O)N1CCC[C@H](CCc2noc(-c3ccccn3)n2)C1. The van der Waals surface area contributed by atoms with Gasteiger partial charge in [-0.05, 0) is 56.4 Å². The molecule has 1 fully saturated rings. The highest BCUT2D eigenvalue weighted by molar-refractivity contribution is 5.97. The molecule has 1 atom stereocenters. The number of nitrogens with zero attached hydrogens (tertiary/aromatic N) is 4. The maximum atomic E-state index is 13.1. The molecule has 3 heterocycles. The van der Waals surface area contributed by atoms with Crippen LogP contribution in [0.2, 0.25) is 0 Å². The third kappa shape index (κ3) is 4.67. The molecule has 0 spiro atoms. The number of carbonyl (C=O) groups is 1. The van der Waals surface area contributed by atoms with Gasteiger partial charge in [-0.3, -0.25) is 9.78 Å². The van der Waals surface area contributed by atoms with Crippen LogP contribution < -0.4 is 4.74 Å². The molecule has 7 nitrogen and oxygen atoms in total. The van der Waals surface area contributed by atoms with Gasteiger partial charge >= 0.3 is 0 Å². The Hall–Kier alpha value is -3.22. The lowest BCUT2D eigenvalue weighted by molar-refractivity contribution is 0.0664. The van der Waals surface area contributed by atoms with Crippen molar-refractivity contribution in [3.63, 3.8) is 0 Å². The lowest BCUT2D eigenvalue weighted by atomic mass is 9.93. The molecule has 0 unspecified atom stereocenters. The molecule has 156 valence electrons. The molecule has 1 amide bonds. The molecule has 0 aliphatic carbocycles. The van der Waals surface area contributed by atoms with Gasteiger partial charge in [0.05, 0.1) is 12.2 Å². The van der Waals surface area contributed by atoms with E-state index >= 15 is 0 Å². The molecule has 0 bridgehead atoms. The number of hydrogen-bond donors (Lipinski definition) is 0. The Bertz CT molecular complexity index is 973. The van der Waals surface area contributed by atoms with Crippen molar-refractivity contribution in [3.05, 3.63) is 60.0 Å². The molecular formula is C23H26N4O3. The van der Waals surface area contributed by atoms with Gasteiger partial charge < -0.3 is 14.2 Å². The summed E-state index contributed by atoms with van der Waals surface area (Å²) in [5.41, 5.74) is 1.32. The molecule has 0 radical (unpaired) electrons. The number of rotatable bonds is 7. The van der Waals surface area contributed by atoms with Crippen molar-refractivity contribution in [1.29, 1.82) is 0 Å². The maximum absolute atomic E-state index is 13.1. The number of para-hydroxylation sites is 1. The first kappa shape index (κ1) is 20.1. The Morgan fingerprint density at radius 2 is 2.10 bits per heavy atom. The fourth-order valence-electron chi connectivity index (χ4n) is 3.86. The van der Waals surface area contributed by atoms with Crippen LogP contribution in [0.15, 0.2) is 53.2 Å². The zero-order valence-electron chi connectivity index (χ0n) is 17.2. The van der Waals surface area contributed by atoms with Crippen LogP contribution in [0, 0.1) is 5.92 Å². The Balaban J connectivity index is 1.36. The topological polar surface area (TPSA) is 81.4 Å². The van der Waals surface area contributed by atoms with Crippen LogP contribution in [-0.4, -0.2) is 45.6 Å². The van der Waals surface area contributed by atoms with Crippen LogP contribution >= 0.6 is 0 Å². The number of benzene rings is 1. The third-order valence-corrected chi connectivity index (χ3v) is 5.35. The lowest BCUT2D eigenvalue weighted by Gasteiger charge is -2.33. The van der Waals surface area contributed by atoms with Crippen LogP contribution in [0.3, 0.4) is 0 Å². The summed E-state index contributed by atoms with van der Waals surface area (Å²) in [5, 5.41) is 4.09. The molecule has 1 aliphatic rings. The van der Waals surface area contributed by atoms with Crippen LogP contribution in [0.5, 0.6) is 5.75 Å². The van der Waals surface area contributed by atoms with E-state index < -0.39 is 0 Å². The van der Waals surface area contributed by atoms with Crippen LogP contribution in [0.25, 0.3) is 11.6 Å². The second-order valence-electron chi connectivity index (χ2n) is 7.46. The summed E-state index contributed by atoms with van der Waals surface area (Å²) in [6, 6.07) is 13.1. The van der Waals surface area contributed by atoms with E-state index in [1.807, 2.05) is 54.3 Å². The number of hydrogen-bond acceptors (Lipinski definition) is 6. The van der Waals surface area contributed by atoms with Gasteiger partial charge in [0.1, 0.15) is 11.4 Å². The smallest absolute Gasteiger partial charge is 0.276 e. The molecule has 1 aromatic carbocycles. The van der Waals surface area contributed by atoms with E-state index in [1.54, 1.807) is 6.20 Å². The first-order valence-electron chi connectivity index (χ1n) is 10.5. The number of amides is 1. The molecule has 30 heavy (non-hydrogen) atoms. The number of aryl methyl sites for hydroxylation is 1. The first-order chi connectivity index (χ1) is 14.7. The molecule has 4 rings (SSSR count). The average molecular weight is 406 g/mol. The van der Waals surface area contributed by atoms with Crippen molar-refractivity contribution in [2.24, 2.45) is 5.92 Å². The standard InChI is InChI=1S/C23H26N4O3/c1-2-29-20-11-4-3-9-18(20)23(28)27-15-7-8-17(16-27)12-13-21-25-22(30-26-21)19-10-5-6-14-24-19/h3-6,9-11,14,17H,2,7-8,12-13,15-16H2,1H3/t17-/m1/s1. The van der Waals surface area contributed by atoms with E-state index in [0.717, 1.165) is 38.8 Å². The number of likely N-dealkylation sites (tertiary alicyclic amines) is 1. The van der Waals surface area contributed by atoms with Crippen LogP contribution in [0.1, 0.15) is 42.4 Å². The van der Waals surface area contributed by atoms with Crippen molar-refractivity contribution < 1.29 is 14.1 Å². The maximum Gasteiger partial charge on any atom is 0.276 e. The van der Waals surface area contributed by atoms with E-state index in [9.17, 15) is 4.79 Å². The Labute approximate surface area is 176 Å². The van der Waals surface area contributed by atoms with Gasteiger partial charge in [0.2, 0.25) is 0 Å². The Morgan fingerprint density at radius 1 is 1.23 bits per heavy atom. The lowest BCUT2D eigenvalue weighted by Crippen LogP contribution is -2.40. The molecule has 0 N–H and O–H groups in total. The predicted octanol–water partition coefficient (Wildman–Crippen LogP) is 4.02. The van der Waals surface area contributed by atoms with Crippen molar-refractivity contribution >= 4 is 5.91 Å². The fourth-order valence-corrected chi connectivity index (χ4v) is 3.86. The minimum atomic E-state index is 0.0424. The number of ether oxygens (including phenoxy) is 1. The number of piperidine rings is 1. The van der Waals surface area contributed by atoms with Gasteiger partial charge in [-0.15, -0.1) is 0 Å². The van der Waals surface area contributed by atoms with Gasteiger partial charge in [0.15, 0.2) is 5.82 Å². The van der Waals surface area contributed by atoms with Gasteiger partial charge in [-0.1, -0.05) is 23.4 Å². The Kier molecular flexibility index (Phi) is 6.37. The molecule has 2 aromatic heterocycles. The summed E-state index contributed by atoms with van der Waals surface area (Å²) >= 11 is 0. The number of aromatic nitrogens is 3. The minimum Gasteiger partial charge on any atom is -0.493 e. The highest BCUT2D eigenvalue weighted by Gasteiger charge is 2.26. The van der Waals surface area contributed by atoms with Gasteiger partial charge in [0.25, 0.3) is 11.8 Å². The summed E-state index contributed by atoms with van der Waals surface area (Å²) in [6.07, 6.45) is 5.44. The fraction of sp³-hybridized carbons (Fsp3) is 0.391. The van der Waals surface area contributed by atoms with Crippen LogP contribution in [0.4, 0.5) is 0 Å². The molecule has 7 heteroatoms. The molecule has 1 saturated heterocycles. The number of carbonyl (C=O) groups excluding carboxylic acids is 1. The van der Waals surface area contributed by atoms with E-state index in [-0.39, 0.29) is 5.91 Å². The summed E-state index contributed by atoms with van der Waals surface area (Å²) in [6.45, 7) is 3.99. The van der Waals surface area contributed by atoms with Crippen LogP contribution in [-0.2, 0) is 6.42 Å². The highest BCUT2D eigenvalue weighted by Crippen LogP contribution is 2.26.